The van der Waals surface area contributed by atoms with Crippen molar-refractivity contribution in [3.05, 3.63) is 59.8 Å². The normalized spacial score (nSPS) is 11.4. The number of hydrogen-bond donors (Lipinski definition) is 2. The zero-order chi connectivity index (χ0) is 18.5. The van der Waals surface area contributed by atoms with Crippen molar-refractivity contribution in [1.29, 1.82) is 0 Å². The molecule has 1 aromatic heterocycles. The zero-order valence-corrected chi connectivity index (χ0v) is 15.0. The Morgan fingerprint density at radius 2 is 1.88 bits per heavy atom. The summed E-state index contributed by atoms with van der Waals surface area (Å²) in [5.41, 5.74) is 5.92. The SMILES string of the molecule is COc1ccc(C/C(C)=N/NC(=O)c2c[nH]c3ccccc23)cc1OC. The number of hydrazone groups is 1. The number of aromatic amines is 1. The van der Waals surface area contributed by atoms with E-state index in [0.29, 0.717) is 23.5 Å². The number of carbonyl (C=O) groups is 1. The Kier molecular flexibility index (Phi) is 5.22. The van der Waals surface area contributed by atoms with Crippen molar-refractivity contribution in [2.24, 2.45) is 5.10 Å². The number of H-pyrrole nitrogens is 1. The van der Waals surface area contributed by atoms with Gasteiger partial charge in [0.15, 0.2) is 11.5 Å². The lowest BCUT2D eigenvalue weighted by molar-refractivity contribution is 0.0956. The number of amides is 1. The summed E-state index contributed by atoms with van der Waals surface area (Å²) in [5, 5.41) is 5.08. The summed E-state index contributed by atoms with van der Waals surface area (Å²) in [4.78, 5) is 15.5. The van der Waals surface area contributed by atoms with Gasteiger partial charge in [0.2, 0.25) is 0 Å². The molecule has 0 radical (unpaired) electrons. The minimum atomic E-state index is -0.242. The van der Waals surface area contributed by atoms with Crippen LogP contribution in [0.1, 0.15) is 22.8 Å². The molecule has 0 aliphatic carbocycles. The van der Waals surface area contributed by atoms with Crippen LogP contribution in [0.5, 0.6) is 11.5 Å². The third kappa shape index (κ3) is 3.69. The van der Waals surface area contributed by atoms with Crippen LogP contribution in [-0.2, 0) is 6.42 Å². The van der Waals surface area contributed by atoms with Crippen molar-refractivity contribution in [2.75, 3.05) is 14.2 Å². The van der Waals surface area contributed by atoms with Crippen molar-refractivity contribution in [3.63, 3.8) is 0 Å². The molecular weight excluding hydrogens is 330 g/mol. The van der Waals surface area contributed by atoms with E-state index in [1.807, 2.05) is 49.4 Å². The monoisotopic (exact) mass is 351 g/mol. The number of rotatable bonds is 6. The molecule has 0 aliphatic heterocycles. The lowest BCUT2D eigenvalue weighted by Gasteiger charge is -2.09. The van der Waals surface area contributed by atoms with Gasteiger partial charge in [-0.1, -0.05) is 24.3 Å². The van der Waals surface area contributed by atoms with Crippen LogP contribution in [0.15, 0.2) is 53.8 Å². The maximum atomic E-state index is 12.4. The van der Waals surface area contributed by atoms with Gasteiger partial charge in [0.05, 0.1) is 19.8 Å². The highest BCUT2D eigenvalue weighted by Crippen LogP contribution is 2.27. The molecule has 6 heteroatoms. The van der Waals surface area contributed by atoms with E-state index in [1.165, 1.54) is 0 Å². The largest absolute Gasteiger partial charge is 0.493 e. The Bertz CT molecular complexity index is 960. The Morgan fingerprint density at radius 1 is 1.12 bits per heavy atom. The third-order valence-corrected chi connectivity index (χ3v) is 4.09. The lowest BCUT2D eigenvalue weighted by Crippen LogP contribution is -2.19. The fraction of sp³-hybridized carbons (Fsp3) is 0.200. The van der Waals surface area contributed by atoms with Crippen LogP contribution < -0.4 is 14.9 Å². The number of nitrogens with one attached hydrogen (secondary N) is 2. The maximum Gasteiger partial charge on any atom is 0.273 e. The number of aromatic nitrogens is 1. The second-order valence-electron chi connectivity index (χ2n) is 5.90. The van der Waals surface area contributed by atoms with E-state index >= 15 is 0 Å². The Hall–Kier alpha value is -3.28. The van der Waals surface area contributed by atoms with E-state index in [2.05, 4.69) is 15.5 Å². The summed E-state index contributed by atoms with van der Waals surface area (Å²) < 4.78 is 10.5. The van der Waals surface area contributed by atoms with E-state index in [1.54, 1.807) is 20.4 Å². The van der Waals surface area contributed by atoms with Crippen LogP contribution in [0.25, 0.3) is 10.9 Å². The average Bonchev–Trinajstić information content (AvgIpc) is 3.10. The molecule has 2 N–H and O–H groups in total. The van der Waals surface area contributed by atoms with Crippen LogP contribution in [0, 0.1) is 0 Å². The number of hydrogen-bond acceptors (Lipinski definition) is 4. The minimum Gasteiger partial charge on any atom is -0.493 e. The molecule has 0 saturated carbocycles. The zero-order valence-electron chi connectivity index (χ0n) is 15.0. The van der Waals surface area contributed by atoms with Crippen LogP contribution in [0.3, 0.4) is 0 Å². The van der Waals surface area contributed by atoms with Gasteiger partial charge in [-0.15, -0.1) is 0 Å². The van der Waals surface area contributed by atoms with Gasteiger partial charge in [-0.3, -0.25) is 4.79 Å². The Labute approximate surface area is 151 Å². The van der Waals surface area contributed by atoms with E-state index in [4.69, 9.17) is 9.47 Å². The molecule has 0 bridgehead atoms. The van der Waals surface area contributed by atoms with Crippen LogP contribution in [0.2, 0.25) is 0 Å². The van der Waals surface area contributed by atoms with Crippen LogP contribution >= 0.6 is 0 Å². The molecule has 6 nitrogen and oxygen atoms in total. The van der Waals surface area contributed by atoms with Gasteiger partial charge in [0, 0.05) is 29.2 Å². The quantitative estimate of drug-likeness (QED) is 0.527. The molecule has 0 spiro atoms. The van der Waals surface area contributed by atoms with Crippen molar-refractivity contribution < 1.29 is 14.3 Å². The van der Waals surface area contributed by atoms with Gasteiger partial charge < -0.3 is 14.5 Å². The molecule has 3 aromatic rings. The molecule has 134 valence electrons. The van der Waals surface area contributed by atoms with Gasteiger partial charge in [0.25, 0.3) is 5.91 Å². The Morgan fingerprint density at radius 3 is 2.65 bits per heavy atom. The number of para-hydroxylation sites is 1. The number of benzene rings is 2. The molecular formula is C20H21N3O3. The summed E-state index contributed by atoms with van der Waals surface area (Å²) in [6, 6.07) is 13.4. The van der Waals surface area contributed by atoms with Crippen LogP contribution in [0.4, 0.5) is 0 Å². The molecule has 0 unspecified atom stereocenters. The smallest absolute Gasteiger partial charge is 0.273 e. The van der Waals surface area contributed by atoms with Crippen LogP contribution in [-0.4, -0.2) is 30.8 Å². The fourth-order valence-electron chi connectivity index (χ4n) is 2.79. The maximum absolute atomic E-state index is 12.4. The first-order valence-electron chi connectivity index (χ1n) is 8.23. The van der Waals surface area contributed by atoms with E-state index < -0.39 is 0 Å². The second kappa shape index (κ2) is 7.74. The third-order valence-electron chi connectivity index (χ3n) is 4.09. The number of ether oxygens (including phenoxy) is 2. The summed E-state index contributed by atoms with van der Waals surface area (Å²) in [7, 11) is 3.20. The summed E-state index contributed by atoms with van der Waals surface area (Å²) >= 11 is 0. The molecule has 1 heterocycles. The van der Waals surface area contributed by atoms with Crippen molar-refractivity contribution in [2.45, 2.75) is 13.3 Å². The summed E-state index contributed by atoms with van der Waals surface area (Å²) in [5.74, 6) is 1.10. The number of methoxy groups -OCH3 is 2. The van der Waals surface area contributed by atoms with Gasteiger partial charge in [-0.05, 0) is 30.7 Å². The molecule has 0 atom stereocenters. The molecule has 2 aromatic carbocycles. The predicted molar refractivity (Wildman–Crippen MR) is 102 cm³/mol. The van der Waals surface area contributed by atoms with E-state index in [0.717, 1.165) is 22.2 Å². The number of carbonyl (C=O) groups excluding carboxylic acids is 1. The fourth-order valence-corrected chi connectivity index (χ4v) is 2.79. The first-order chi connectivity index (χ1) is 12.6. The standard InChI is InChI=1S/C20H21N3O3/c1-13(10-14-8-9-18(25-2)19(11-14)26-3)22-23-20(24)16-12-21-17-7-5-4-6-15(16)17/h4-9,11-12,21H,10H2,1-3H3,(H,23,24)/b22-13+. The second-order valence-corrected chi connectivity index (χ2v) is 5.90. The first-order valence-corrected chi connectivity index (χ1v) is 8.23. The molecule has 3 rings (SSSR count). The highest BCUT2D eigenvalue weighted by atomic mass is 16.5. The summed E-state index contributed by atoms with van der Waals surface area (Å²) in [6.07, 6.45) is 2.29. The van der Waals surface area contributed by atoms with Gasteiger partial charge >= 0.3 is 0 Å². The molecule has 0 fully saturated rings. The topological polar surface area (TPSA) is 75.7 Å². The average molecular weight is 351 g/mol. The van der Waals surface area contributed by atoms with E-state index in [9.17, 15) is 4.79 Å². The number of nitrogens with zero attached hydrogens (tertiary/aromatic N) is 1. The molecule has 26 heavy (non-hydrogen) atoms. The van der Waals surface area contributed by atoms with Gasteiger partial charge in [-0.2, -0.15) is 5.10 Å². The van der Waals surface area contributed by atoms with Gasteiger partial charge in [0.1, 0.15) is 0 Å². The molecule has 0 saturated heterocycles. The van der Waals surface area contributed by atoms with Crippen molar-refractivity contribution >= 4 is 22.5 Å². The minimum absolute atomic E-state index is 0.242. The number of fused-ring (bicyclic) bond motifs is 1. The first kappa shape index (κ1) is 17.5. The lowest BCUT2D eigenvalue weighted by atomic mass is 10.1. The molecule has 0 aliphatic rings. The van der Waals surface area contributed by atoms with Gasteiger partial charge in [-0.25, -0.2) is 5.43 Å². The highest BCUT2D eigenvalue weighted by Gasteiger charge is 2.11. The highest BCUT2D eigenvalue weighted by molar-refractivity contribution is 6.06. The predicted octanol–water partition coefficient (Wildman–Crippen LogP) is 3.53. The van der Waals surface area contributed by atoms with E-state index in [-0.39, 0.29) is 5.91 Å². The Balaban J connectivity index is 1.69. The molecule has 1 amide bonds. The van der Waals surface area contributed by atoms with Crippen molar-refractivity contribution in [3.8, 4) is 11.5 Å². The van der Waals surface area contributed by atoms with Crippen molar-refractivity contribution in [1.82, 2.24) is 10.4 Å². The summed E-state index contributed by atoms with van der Waals surface area (Å²) in [6.45, 7) is 1.87.